The Morgan fingerprint density at radius 2 is 1.81 bits per heavy atom. The first-order valence-electron chi connectivity index (χ1n) is 8.86. The number of hydrogen-bond donors (Lipinski definition) is 1. The van der Waals surface area contributed by atoms with Crippen LogP contribution in [0.2, 0.25) is 0 Å². The molecule has 1 amide bonds. The average Bonchev–Trinajstić information content (AvgIpc) is 3.08. The number of carbonyl (C=O) groups is 1. The monoisotopic (exact) mass is 369 g/mol. The molecule has 0 fully saturated rings. The lowest BCUT2D eigenvalue weighted by Gasteiger charge is -2.08. The normalized spacial score (nSPS) is 10.7. The van der Waals surface area contributed by atoms with Crippen LogP contribution in [0.25, 0.3) is 11.0 Å². The molecule has 1 heterocycles. The van der Waals surface area contributed by atoms with Crippen molar-refractivity contribution in [2.45, 2.75) is 13.5 Å². The summed E-state index contributed by atoms with van der Waals surface area (Å²) in [6.07, 6.45) is 0. The third-order valence-electron chi connectivity index (χ3n) is 4.07. The highest BCUT2D eigenvalue weighted by Gasteiger charge is 2.20. The van der Waals surface area contributed by atoms with Crippen LogP contribution in [0.3, 0.4) is 0 Å². The van der Waals surface area contributed by atoms with E-state index in [4.69, 9.17) is 18.6 Å². The Labute approximate surface area is 158 Å². The maximum absolute atomic E-state index is 12.6. The molecule has 0 spiro atoms. The van der Waals surface area contributed by atoms with Gasteiger partial charge in [-0.05, 0) is 37.3 Å². The van der Waals surface area contributed by atoms with E-state index in [0.29, 0.717) is 37.7 Å². The van der Waals surface area contributed by atoms with Gasteiger partial charge in [-0.25, -0.2) is 0 Å². The maximum atomic E-state index is 12.6. The molecule has 0 aliphatic heterocycles. The van der Waals surface area contributed by atoms with E-state index in [-0.39, 0.29) is 11.7 Å². The Morgan fingerprint density at radius 1 is 1.07 bits per heavy atom. The average molecular weight is 369 g/mol. The van der Waals surface area contributed by atoms with Gasteiger partial charge in [0.05, 0.1) is 20.3 Å². The first-order chi connectivity index (χ1) is 13.2. The number of carbonyl (C=O) groups excluding carboxylic acids is 1. The maximum Gasteiger partial charge on any atom is 0.287 e. The van der Waals surface area contributed by atoms with Gasteiger partial charge in [0, 0.05) is 17.6 Å². The number of para-hydroxylation sites is 1. The largest absolute Gasteiger partial charge is 0.497 e. The summed E-state index contributed by atoms with van der Waals surface area (Å²) in [6, 6.07) is 14.8. The summed E-state index contributed by atoms with van der Waals surface area (Å²) in [5.41, 5.74) is 1.44. The number of amides is 1. The lowest BCUT2D eigenvalue weighted by molar-refractivity contribution is 0.0908. The summed E-state index contributed by atoms with van der Waals surface area (Å²) in [5, 5.41) is 3.73. The molecule has 6 heteroatoms. The minimum absolute atomic E-state index is 0.278. The number of rotatable bonds is 9. The topological polar surface area (TPSA) is 69.9 Å². The van der Waals surface area contributed by atoms with Crippen LogP contribution in [0.15, 0.2) is 52.9 Å². The molecule has 0 bridgehead atoms. The summed E-state index contributed by atoms with van der Waals surface area (Å²) in [6.45, 7) is 3.52. The standard InChI is InChI=1S/C21H23NO5/c1-3-25-14-18-17-6-4-5-7-19(17)27-20(18)21(23)22-12-13-26-16-10-8-15(24-2)9-11-16/h4-11H,3,12-14H2,1-2H3,(H,22,23). The highest BCUT2D eigenvalue weighted by molar-refractivity contribution is 5.99. The molecule has 142 valence electrons. The fraction of sp³-hybridized carbons (Fsp3) is 0.286. The van der Waals surface area contributed by atoms with Crippen LogP contribution in [0.5, 0.6) is 11.5 Å². The summed E-state index contributed by atoms with van der Waals surface area (Å²) in [4.78, 5) is 12.6. The van der Waals surface area contributed by atoms with Crippen LogP contribution in [0.1, 0.15) is 23.0 Å². The van der Waals surface area contributed by atoms with E-state index in [1.54, 1.807) is 7.11 Å². The van der Waals surface area contributed by atoms with E-state index in [2.05, 4.69) is 5.32 Å². The third-order valence-corrected chi connectivity index (χ3v) is 4.07. The zero-order chi connectivity index (χ0) is 19.1. The number of furan rings is 1. The van der Waals surface area contributed by atoms with E-state index in [0.717, 1.165) is 16.7 Å². The lowest BCUT2D eigenvalue weighted by atomic mass is 10.1. The Hall–Kier alpha value is -2.99. The third kappa shape index (κ3) is 4.60. The van der Waals surface area contributed by atoms with Gasteiger partial charge in [0.1, 0.15) is 23.7 Å². The molecule has 0 saturated heterocycles. The van der Waals surface area contributed by atoms with Crippen molar-refractivity contribution in [2.75, 3.05) is 26.9 Å². The molecule has 27 heavy (non-hydrogen) atoms. The summed E-state index contributed by atoms with van der Waals surface area (Å²) >= 11 is 0. The summed E-state index contributed by atoms with van der Waals surface area (Å²) in [5.74, 6) is 1.49. The van der Waals surface area contributed by atoms with Crippen LogP contribution in [-0.2, 0) is 11.3 Å². The minimum Gasteiger partial charge on any atom is -0.497 e. The van der Waals surface area contributed by atoms with Gasteiger partial charge in [-0.1, -0.05) is 18.2 Å². The Balaban J connectivity index is 1.60. The number of methoxy groups -OCH3 is 1. The second kappa shape index (κ2) is 9.09. The second-order valence-electron chi connectivity index (χ2n) is 5.82. The van der Waals surface area contributed by atoms with E-state index in [1.165, 1.54) is 0 Å². The van der Waals surface area contributed by atoms with Crippen LogP contribution in [-0.4, -0.2) is 32.8 Å². The van der Waals surface area contributed by atoms with Crippen molar-refractivity contribution >= 4 is 16.9 Å². The van der Waals surface area contributed by atoms with Crippen molar-refractivity contribution < 1.29 is 23.4 Å². The number of nitrogens with one attached hydrogen (secondary N) is 1. The fourth-order valence-corrected chi connectivity index (χ4v) is 2.72. The van der Waals surface area contributed by atoms with Gasteiger partial charge in [0.25, 0.3) is 5.91 Å². The predicted molar refractivity (Wildman–Crippen MR) is 102 cm³/mol. The molecule has 3 aromatic rings. The lowest BCUT2D eigenvalue weighted by Crippen LogP contribution is -2.28. The summed E-state index contributed by atoms with van der Waals surface area (Å²) < 4.78 is 22.0. The molecule has 6 nitrogen and oxygen atoms in total. The Bertz CT molecular complexity index is 885. The zero-order valence-electron chi connectivity index (χ0n) is 15.5. The van der Waals surface area contributed by atoms with E-state index in [9.17, 15) is 4.79 Å². The van der Waals surface area contributed by atoms with Crippen LogP contribution >= 0.6 is 0 Å². The number of fused-ring (bicyclic) bond motifs is 1. The van der Waals surface area contributed by atoms with E-state index < -0.39 is 0 Å². The SMILES string of the molecule is CCOCc1c(C(=O)NCCOc2ccc(OC)cc2)oc2ccccc12. The smallest absolute Gasteiger partial charge is 0.287 e. The molecule has 2 aromatic carbocycles. The van der Waals surface area contributed by atoms with Gasteiger partial charge in [-0.2, -0.15) is 0 Å². The predicted octanol–water partition coefficient (Wildman–Crippen LogP) is 3.79. The van der Waals surface area contributed by atoms with Crippen molar-refractivity contribution in [3.63, 3.8) is 0 Å². The van der Waals surface area contributed by atoms with E-state index >= 15 is 0 Å². The molecular formula is C21H23NO5. The van der Waals surface area contributed by atoms with E-state index in [1.807, 2.05) is 55.5 Å². The molecule has 0 aliphatic rings. The van der Waals surface area contributed by atoms with Crippen molar-refractivity contribution in [2.24, 2.45) is 0 Å². The molecular weight excluding hydrogens is 346 g/mol. The van der Waals surface area contributed by atoms with Crippen molar-refractivity contribution in [3.05, 3.63) is 59.9 Å². The van der Waals surface area contributed by atoms with Crippen molar-refractivity contribution in [1.29, 1.82) is 0 Å². The van der Waals surface area contributed by atoms with Crippen LogP contribution < -0.4 is 14.8 Å². The quantitative estimate of drug-likeness (QED) is 0.581. The molecule has 0 saturated carbocycles. The molecule has 3 rings (SSSR count). The molecule has 0 radical (unpaired) electrons. The molecule has 0 atom stereocenters. The number of hydrogen-bond acceptors (Lipinski definition) is 5. The number of ether oxygens (including phenoxy) is 3. The molecule has 0 aliphatic carbocycles. The van der Waals surface area contributed by atoms with Gasteiger partial charge < -0.3 is 23.9 Å². The highest BCUT2D eigenvalue weighted by Crippen LogP contribution is 2.26. The molecule has 1 N–H and O–H groups in total. The Morgan fingerprint density at radius 3 is 2.56 bits per heavy atom. The summed E-state index contributed by atoms with van der Waals surface area (Å²) in [7, 11) is 1.61. The first kappa shape index (κ1) is 18.8. The van der Waals surface area contributed by atoms with Crippen LogP contribution in [0, 0.1) is 0 Å². The second-order valence-corrected chi connectivity index (χ2v) is 5.82. The molecule has 1 aromatic heterocycles. The van der Waals surface area contributed by atoms with Crippen LogP contribution in [0.4, 0.5) is 0 Å². The molecule has 0 unspecified atom stereocenters. The van der Waals surface area contributed by atoms with Crippen molar-refractivity contribution in [1.82, 2.24) is 5.32 Å². The minimum atomic E-state index is -0.278. The zero-order valence-corrected chi connectivity index (χ0v) is 15.5. The van der Waals surface area contributed by atoms with Gasteiger partial charge >= 0.3 is 0 Å². The van der Waals surface area contributed by atoms with Crippen molar-refractivity contribution in [3.8, 4) is 11.5 Å². The highest BCUT2D eigenvalue weighted by atomic mass is 16.5. The van der Waals surface area contributed by atoms with Gasteiger partial charge in [-0.3, -0.25) is 4.79 Å². The Kier molecular flexibility index (Phi) is 6.33. The number of benzene rings is 2. The first-order valence-corrected chi connectivity index (χ1v) is 8.86. The fourth-order valence-electron chi connectivity index (χ4n) is 2.72. The van der Waals surface area contributed by atoms with Gasteiger partial charge in [0.2, 0.25) is 0 Å². The van der Waals surface area contributed by atoms with Gasteiger partial charge in [-0.15, -0.1) is 0 Å². The van der Waals surface area contributed by atoms with Gasteiger partial charge in [0.15, 0.2) is 5.76 Å².